The lowest BCUT2D eigenvalue weighted by atomic mass is 9.98. The van der Waals surface area contributed by atoms with Crippen LogP contribution in [0.4, 0.5) is 0 Å². The molecule has 1 atom stereocenters. The molecule has 0 spiro atoms. The van der Waals surface area contributed by atoms with Crippen LogP contribution < -0.4 is 5.56 Å². The van der Waals surface area contributed by atoms with Crippen LogP contribution in [-0.2, 0) is 13.0 Å². The molecule has 0 saturated heterocycles. The summed E-state index contributed by atoms with van der Waals surface area (Å²) in [4.78, 5) is 18.2. The summed E-state index contributed by atoms with van der Waals surface area (Å²) >= 11 is 3.54. The van der Waals surface area contributed by atoms with Crippen LogP contribution in [0.5, 0.6) is 0 Å². The third kappa shape index (κ3) is 5.37. The van der Waals surface area contributed by atoms with Crippen LogP contribution in [-0.4, -0.2) is 9.55 Å². The minimum atomic E-state index is -0.0148. The molecule has 0 saturated carbocycles. The van der Waals surface area contributed by atoms with Gasteiger partial charge in [-0.05, 0) is 63.9 Å². The first kappa shape index (κ1) is 23.9. The zero-order valence-electron chi connectivity index (χ0n) is 19.1. The third-order valence-corrected chi connectivity index (χ3v) is 6.70. The Labute approximate surface area is 199 Å². The Bertz CT molecular complexity index is 1160. The first-order valence-electron chi connectivity index (χ1n) is 11.3. The number of unbranched alkanes of at least 4 members (excludes halogenated alkanes) is 1. The average molecular weight is 492 g/mol. The number of hydrogen-bond donors (Lipinski definition) is 0. The number of halogens is 1. The van der Waals surface area contributed by atoms with Crippen molar-refractivity contribution in [1.82, 2.24) is 9.55 Å². The van der Waals surface area contributed by atoms with Gasteiger partial charge in [-0.25, -0.2) is 4.98 Å². The lowest BCUT2D eigenvalue weighted by Gasteiger charge is -2.18. The number of aryl methyl sites for hydroxylation is 1. The highest BCUT2D eigenvalue weighted by atomic mass is 79.9. The molecule has 0 radical (unpaired) electrons. The lowest BCUT2D eigenvalue weighted by Crippen LogP contribution is -2.28. The normalized spacial score (nSPS) is 14.3. The van der Waals surface area contributed by atoms with Gasteiger partial charge < -0.3 is 0 Å². The molecule has 0 fully saturated rings. The summed E-state index contributed by atoms with van der Waals surface area (Å²) in [5.74, 6) is 1.09. The number of aromatic nitrogens is 2. The number of allylic oxidation sites excluding steroid dienone is 6. The van der Waals surface area contributed by atoms with Crippen LogP contribution in [0.2, 0.25) is 0 Å². The summed E-state index contributed by atoms with van der Waals surface area (Å²) in [6.07, 6.45) is 12.8. The van der Waals surface area contributed by atoms with E-state index in [-0.39, 0.29) is 11.5 Å². The molecule has 5 heteroatoms. The summed E-state index contributed by atoms with van der Waals surface area (Å²) in [5.41, 5.74) is 4.62. The van der Waals surface area contributed by atoms with E-state index in [1.54, 1.807) is 0 Å². The van der Waals surface area contributed by atoms with Gasteiger partial charge in [-0.2, -0.15) is 5.26 Å². The van der Waals surface area contributed by atoms with E-state index in [0.29, 0.717) is 16.6 Å². The van der Waals surface area contributed by atoms with Gasteiger partial charge in [-0.15, -0.1) is 0 Å². The van der Waals surface area contributed by atoms with E-state index < -0.39 is 0 Å². The van der Waals surface area contributed by atoms with Crippen LogP contribution >= 0.6 is 15.9 Å². The van der Waals surface area contributed by atoms with Crippen molar-refractivity contribution in [2.45, 2.75) is 65.3 Å². The Kier molecular flexibility index (Phi) is 8.41. The monoisotopic (exact) mass is 491 g/mol. The predicted molar refractivity (Wildman–Crippen MR) is 134 cm³/mol. The van der Waals surface area contributed by atoms with E-state index in [2.05, 4.69) is 67.1 Å². The minimum absolute atomic E-state index is 0.0148. The van der Waals surface area contributed by atoms with E-state index in [0.717, 1.165) is 60.3 Å². The maximum absolute atomic E-state index is 13.3. The molecule has 4 nitrogen and oxygen atoms in total. The zero-order chi connectivity index (χ0) is 23.1. The van der Waals surface area contributed by atoms with Crippen molar-refractivity contribution in [2.75, 3.05) is 0 Å². The summed E-state index contributed by atoms with van der Waals surface area (Å²) in [6, 6.07) is 9.95. The van der Waals surface area contributed by atoms with Crippen molar-refractivity contribution in [3.63, 3.8) is 0 Å². The molecule has 0 aliphatic heterocycles. The van der Waals surface area contributed by atoms with Gasteiger partial charge in [0.15, 0.2) is 0 Å². The van der Waals surface area contributed by atoms with Crippen molar-refractivity contribution >= 4 is 21.5 Å². The summed E-state index contributed by atoms with van der Waals surface area (Å²) in [5, 5.41) is 9.44. The fraction of sp³-hybridized carbons (Fsp3) is 0.370. The van der Waals surface area contributed by atoms with Crippen molar-refractivity contribution in [1.29, 1.82) is 5.26 Å². The number of benzene rings is 1. The van der Waals surface area contributed by atoms with E-state index in [4.69, 9.17) is 4.98 Å². The SMILES string of the molecule is CCCCc1nc(C(C)CC)c(Br)c(=O)n1CC1=CC=C(c2ccccc2C#N)CC=C1. The number of nitrogens with zero attached hydrogens (tertiary/aromatic N) is 3. The minimum Gasteiger partial charge on any atom is -0.291 e. The number of hydrogen-bond acceptors (Lipinski definition) is 3. The van der Waals surface area contributed by atoms with E-state index >= 15 is 0 Å². The molecule has 32 heavy (non-hydrogen) atoms. The van der Waals surface area contributed by atoms with Crippen molar-refractivity contribution in [3.05, 3.63) is 91.6 Å². The average Bonchev–Trinajstić information content (AvgIpc) is 3.06. The molecule has 1 heterocycles. The highest BCUT2D eigenvalue weighted by molar-refractivity contribution is 9.10. The van der Waals surface area contributed by atoms with E-state index in [1.807, 2.05) is 28.8 Å². The van der Waals surface area contributed by atoms with Gasteiger partial charge >= 0.3 is 0 Å². The smallest absolute Gasteiger partial charge is 0.268 e. The van der Waals surface area contributed by atoms with Gasteiger partial charge in [0.2, 0.25) is 0 Å². The second-order valence-electron chi connectivity index (χ2n) is 8.23. The number of nitriles is 1. The fourth-order valence-corrected chi connectivity index (χ4v) is 4.51. The van der Waals surface area contributed by atoms with Gasteiger partial charge in [-0.3, -0.25) is 9.36 Å². The van der Waals surface area contributed by atoms with E-state index in [9.17, 15) is 10.1 Å². The lowest BCUT2D eigenvalue weighted by molar-refractivity contribution is 0.603. The van der Waals surface area contributed by atoms with E-state index in [1.165, 1.54) is 0 Å². The molecule has 1 aromatic carbocycles. The Morgan fingerprint density at radius 1 is 1.25 bits per heavy atom. The summed E-state index contributed by atoms with van der Waals surface area (Å²) in [7, 11) is 0. The maximum Gasteiger partial charge on any atom is 0.268 e. The molecule has 1 aliphatic carbocycles. The van der Waals surface area contributed by atoms with Crippen molar-refractivity contribution in [2.24, 2.45) is 0 Å². The van der Waals surface area contributed by atoms with Gasteiger partial charge in [0.05, 0.1) is 23.9 Å². The van der Waals surface area contributed by atoms with Gasteiger partial charge in [0, 0.05) is 6.42 Å². The third-order valence-electron chi connectivity index (χ3n) is 5.95. The predicted octanol–water partition coefficient (Wildman–Crippen LogP) is 6.70. The maximum atomic E-state index is 13.3. The molecule has 0 bridgehead atoms. The molecule has 0 amide bonds. The zero-order valence-corrected chi connectivity index (χ0v) is 20.7. The van der Waals surface area contributed by atoms with Crippen LogP contribution in [0.15, 0.2) is 63.4 Å². The largest absolute Gasteiger partial charge is 0.291 e. The van der Waals surface area contributed by atoms with Crippen LogP contribution in [0, 0.1) is 11.3 Å². The molecular formula is C27H30BrN3O. The van der Waals surface area contributed by atoms with Crippen LogP contribution in [0.1, 0.15) is 75.0 Å². The Morgan fingerprint density at radius 2 is 2.03 bits per heavy atom. The van der Waals surface area contributed by atoms with Crippen LogP contribution in [0.25, 0.3) is 5.57 Å². The molecule has 1 aromatic heterocycles. The molecule has 0 N–H and O–H groups in total. The Balaban J connectivity index is 1.99. The number of rotatable bonds is 8. The van der Waals surface area contributed by atoms with Gasteiger partial charge in [-0.1, -0.05) is 69.7 Å². The molecule has 2 aromatic rings. The summed E-state index contributed by atoms with van der Waals surface area (Å²) in [6.45, 7) is 6.86. The van der Waals surface area contributed by atoms with Crippen molar-refractivity contribution in [3.8, 4) is 6.07 Å². The highest BCUT2D eigenvalue weighted by Crippen LogP contribution is 2.26. The Hall–Kier alpha value is -2.71. The quantitative estimate of drug-likeness (QED) is 0.412. The molecular weight excluding hydrogens is 462 g/mol. The topological polar surface area (TPSA) is 58.7 Å². The first-order chi connectivity index (χ1) is 15.5. The molecule has 3 rings (SSSR count). The Morgan fingerprint density at radius 3 is 2.75 bits per heavy atom. The first-order valence-corrected chi connectivity index (χ1v) is 12.1. The van der Waals surface area contributed by atoms with Gasteiger partial charge in [0.25, 0.3) is 5.56 Å². The second-order valence-corrected chi connectivity index (χ2v) is 9.02. The fourth-order valence-electron chi connectivity index (χ4n) is 3.82. The van der Waals surface area contributed by atoms with Gasteiger partial charge in [0.1, 0.15) is 10.3 Å². The summed E-state index contributed by atoms with van der Waals surface area (Å²) < 4.78 is 2.38. The molecule has 1 unspecified atom stereocenters. The van der Waals surface area contributed by atoms with Crippen molar-refractivity contribution < 1.29 is 0 Å². The molecule has 166 valence electrons. The molecule has 1 aliphatic rings. The van der Waals surface area contributed by atoms with Crippen LogP contribution in [0.3, 0.4) is 0 Å². The second kappa shape index (κ2) is 11.2. The standard InChI is InChI=1S/C27H30BrN3O/c1-4-6-14-24-30-26(19(3)5-2)25(28)27(32)31(24)18-20-10-9-12-21(16-15-20)23-13-8-7-11-22(23)17-29/h7-11,13,15-16,19H,4-6,12,14,18H2,1-3H3. The highest BCUT2D eigenvalue weighted by Gasteiger charge is 2.19.